The Hall–Kier alpha value is -3.56. The van der Waals surface area contributed by atoms with E-state index in [-0.39, 0.29) is 17.6 Å². The summed E-state index contributed by atoms with van der Waals surface area (Å²) in [6.07, 6.45) is 3.81. The summed E-state index contributed by atoms with van der Waals surface area (Å²) in [5.74, 6) is 2.11. The minimum Gasteiger partial charge on any atom is -0.477 e. The second kappa shape index (κ2) is 9.96. The lowest BCUT2D eigenvalue weighted by Gasteiger charge is -2.12. The third-order valence-electron chi connectivity index (χ3n) is 6.89. The Bertz CT molecular complexity index is 1590. The normalized spacial score (nSPS) is 16.0. The molecule has 8 nitrogen and oxygen atoms in total. The molecule has 38 heavy (non-hydrogen) atoms. The van der Waals surface area contributed by atoms with E-state index in [1.165, 1.54) is 0 Å². The molecule has 1 aliphatic rings. The number of aromatic nitrogens is 4. The van der Waals surface area contributed by atoms with Gasteiger partial charge in [0, 0.05) is 48.2 Å². The van der Waals surface area contributed by atoms with Crippen molar-refractivity contribution >= 4 is 32.4 Å². The Kier molecular flexibility index (Phi) is 6.49. The molecule has 196 valence electrons. The zero-order valence-corrected chi connectivity index (χ0v) is 22.7. The van der Waals surface area contributed by atoms with Crippen LogP contribution in [0.15, 0.2) is 53.2 Å². The summed E-state index contributed by atoms with van der Waals surface area (Å²) in [5.41, 5.74) is 4.44. The molecule has 1 atom stereocenters. The third kappa shape index (κ3) is 5.21. The van der Waals surface area contributed by atoms with Gasteiger partial charge in [-0.15, -0.1) is 0 Å². The Balaban J connectivity index is 1.11. The van der Waals surface area contributed by atoms with Crippen LogP contribution in [0.4, 0.5) is 0 Å². The van der Waals surface area contributed by atoms with Gasteiger partial charge in [0.15, 0.2) is 4.96 Å². The molecule has 1 aliphatic heterocycles. The number of nitrogens with one attached hydrogen (secondary N) is 1. The van der Waals surface area contributed by atoms with Crippen molar-refractivity contribution in [2.24, 2.45) is 5.92 Å². The van der Waals surface area contributed by atoms with Crippen molar-refractivity contribution in [2.75, 3.05) is 19.7 Å². The summed E-state index contributed by atoms with van der Waals surface area (Å²) < 4.78 is 13.4. The van der Waals surface area contributed by atoms with Crippen LogP contribution < -0.4 is 10.1 Å². The topological polar surface area (TPSA) is 94.6 Å². The van der Waals surface area contributed by atoms with Gasteiger partial charge in [0.05, 0.1) is 29.9 Å². The number of imidazole rings is 1. The predicted molar refractivity (Wildman–Crippen MR) is 148 cm³/mol. The van der Waals surface area contributed by atoms with E-state index in [4.69, 9.17) is 19.2 Å². The van der Waals surface area contributed by atoms with Crippen LogP contribution in [0.2, 0.25) is 0 Å². The van der Waals surface area contributed by atoms with Gasteiger partial charge >= 0.3 is 0 Å². The molecule has 4 aromatic heterocycles. The van der Waals surface area contributed by atoms with Crippen LogP contribution in [0.5, 0.6) is 5.88 Å². The molecular formula is C29H31N5O3S. The van der Waals surface area contributed by atoms with Crippen LogP contribution in [0.3, 0.4) is 0 Å². The maximum atomic E-state index is 12.6. The minimum atomic E-state index is -0.126. The molecule has 6 rings (SSSR count). The van der Waals surface area contributed by atoms with Gasteiger partial charge in [-0.3, -0.25) is 9.20 Å². The molecule has 0 unspecified atom stereocenters. The van der Waals surface area contributed by atoms with E-state index >= 15 is 0 Å². The number of hydrogen-bond acceptors (Lipinski definition) is 8. The molecule has 1 aromatic carbocycles. The molecule has 1 fully saturated rings. The lowest BCUT2D eigenvalue weighted by molar-refractivity contribution is -0.117. The first kappa shape index (κ1) is 24.8. The highest BCUT2D eigenvalue weighted by Crippen LogP contribution is 2.30. The number of ketones is 1. The average molecular weight is 530 g/mol. The summed E-state index contributed by atoms with van der Waals surface area (Å²) in [5, 5.41) is 7.43. The van der Waals surface area contributed by atoms with Gasteiger partial charge in [-0.05, 0) is 24.6 Å². The van der Waals surface area contributed by atoms with Crippen LogP contribution in [0.25, 0.3) is 26.6 Å². The van der Waals surface area contributed by atoms with Gasteiger partial charge in [-0.1, -0.05) is 61.5 Å². The molecule has 0 bridgehead atoms. The largest absolute Gasteiger partial charge is 0.477 e. The molecule has 0 aliphatic carbocycles. The van der Waals surface area contributed by atoms with E-state index in [1.807, 2.05) is 48.7 Å². The van der Waals surface area contributed by atoms with Gasteiger partial charge in [-0.2, -0.15) is 0 Å². The summed E-state index contributed by atoms with van der Waals surface area (Å²) in [4.78, 5) is 24.0. The first-order valence-corrected chi connectivity index (χ1v) is 13.8. The maximum Gasteiger partial charge on any atom is 0.214 e. The van der Waals surface area contributed by atoms with Crippen LogP contribution in [-0.4, -0.2) is 45.0 Å². The lowest BCUT2D eigenvalue weighted by Crippen LogP contribution is -2.15. The fraction of sp³-hybridized carbons (Fsp3) is 0.379. The standard InChI is InChI=1S/C29H31N5O3S/c1-29(2,3)25-14-21(33-37-25)13-22(35)12-18-4-6-20(7-5-18)23-16-34-24-8-9-26(32-27(24)38-28(34)31-23)36-17-19-10-11-30-15-19/h4-9,14,16,19,30H,10-13,15,17H2,1-3H3/t19-/m1/s1. The Labute approximate surface area is 225 Å². The van der Waals surface area contributed by atoms with Crippen molar-refractivity contribution in [1.82, 2.24) is 24.8 Å². The number of thiazole rings is 1. The van der Waals surface area contributed by atoms with Crippen molar-refractivity contribution in [3.63, 3.8) is 0 Å². The monoisotopic (exact) mass is 529 g/mol. The zero-order chi connectivity index (χ0) is 26.3. The van der Waals surface area contributed by atoms with E-state index in [0.29, 0.717) is 30.5 Å². The number of Topliss-reactive ketones (excluding diaryl/α,β-unsaturated/α-hetero) is 1. The van der Waals surface area contributed by atoms with E-state index in [9.17, 15) is 4.79 Å². The Morgan fingerprint density at radius 2 is 2.00 bits per heavy atom. The summed E-state index contributed by atoms with van der Waals surface area (Å²) >= 11 is 1.56. The fourth-order valence-electron chi connectivity index (χ4n) is 4.68. The first-order chi connectivity index (χ1) is 18.3. The van der Waals surface area contributed by atoms with E-state index < -0.39 is 0 Å². The number of pyridine rings is 1. The molecule has 0 amide bonds. The number of hydrogen-bond donors (Lipinski definition) is 1. The number of fused-ring (bicyclic) bond motifs is 3. The van der Waals surface area contributed by atoms with Crippen molar-refractivity contribution in [2.45, 2.75) is 45.4 Å². The summed E-state index contributed by atoms with van der Waals surface area (Å²) in [6.45, 7) is 8.95. The molecule has 5 heterocycles. The first-order valence-electron chi connectivity index (χ1n) is 13.0. The quantitative estimate of drug-likeness (QED) is 0.294. The molecule has 5 aromatic rings. The molecule has 0 saturated carbocycles. The van der Waals surface area contributed by atoms with Gasteiger partial charge in [0.1, 0.15) is 16.4 Å². The lowest BCUT2D eigenvalue weighted by atomic mass is 9.93. The second-order valence-electron chi connectivity index (χ2n) is 11.0. The van der Waals surface area contributed by atoms with E-state index in [1.54, 1.807) is 11.3 Å². The van der Waals surface area contributed by atoms with Gasteiger partial charge in [0.2, 0.25) is 5.88 Å². The number of carbonyl (C=O) groups is 1. The Morgan fingerprint density at radius 3 is 2.74 bits per heavy atom. The van der Waals surface area contributed by atoms with Crippen LogP contribution in [-0.2, 0) is 23.1 Å². The predicted octanol–water partition coefficient (Wildman–Crippen LogP) is 5.24. The third-order valence-corrected chi connectivity index (χ3v) is 7.86. The van der Waals surface area contributed by atoms with Crippen molar-refractivity contribution in [3.05, 3.63) is 65.7 Å². The number of rotatable bonds is 8. The minimum absolute atomic E-state index is 0.108. The summed E-state index contributed by atoms with van der Waals surface area (Å²) in [6, 6.07) is 13.9. The highest BCUT2D eigenvalue weighted by molar-refractivity contribution is 7.23. The zero-order valence-electron chi connectivity index (χ0n) is 21.9. The van der Waals surface area contributed by atoms with Crippen molar-refractivity contribution < 1.29 is 14.1 Å². The smallest absolute Gasteiger partial charge is 0.214 e. The molecule has 1 saturated heterocycles. The van der Waals surface area contributed by atoms with Crippen molar-refractivity contribution in [1.29, 1.82) is 0 Å². The van der Waals surface area contributed by atoms with Crippen LogP contribution in [0, 0.1) is 5.92 Å². The maximum absolute atomic E-state index is 12.6. The number of benzene rings is 1. The average Bonchev–Trinajstić information content (AvgIpc) is 3.67. The highest BCUT2D eigenvalue weighted by atomic mass is 32.1. The summed E-state index contributed by atoms with van der Waals surface area (Å²) in [7, 11) is 0. The van der Waals surface area contributed by atoms with Crippen molar-refractivity contribution in [3.8, 4) is 17.1 Å². The van der Waals surface area contributed by atoms with Gasteiger partial charge < -0.3 is 14.6 Å². The number of ether oxygens (including phenoxy) is 1. The second-order valence-corrected chi connectivity index (χ2v) is 12.0. The molecular weight excluding hydrogens is 498 g/mol. The Morgan fingerprint density at radius 1 is 1.16 bits per heavy atom. The van der Waals surface area contributed by atoms with E-state index in [0.717, 1.165) is 57.4 Å². The fourth-order valence-corrected chi connectivity index (χ4v) is 5.66. The molecule has 0 radical (unpaired) electrons. The molecule has 0 spiro atoms. The van der Waals surface area contributed by atoms with Crippen LogP contribution in [0.1, 0.15) is 44.2 Å². The van der Waals surface area contributed by atoms with E-state index in [2.05, 4.69) is 35.6 Å². The number of nitrogens with zero attached hydrogens (tertiary/aromatic N) is 4. The molecule has 1 N–H and O–H groups in total. The van der Waals surface area contributed by atoms with Gasteiger partial charge in [-0.25, -0.2) is 9.97 Å². The van der Waals surface area contributed by atoms with Crippen LogP contribution >= 0.6 is 11.3 Å². The van der Waals surface area contributed by atoms with Gasteiger partial charge in [0.25, 0.3) is 0 Å². The SMILES string of the molecule is CC(C)(C)c1cc(CC(=O)Cc2ccc(-c3cn4c(n3)sc3nc(OC[C@@H]5CCNC5)ccc34)cc2)no1. The molecule has 9 heteroatoms. The highest BCUT2D eigenvalue weighted by Gasteiger charge is 2.21. The number of carbonyl (C=O) groups excluding carboxylic acids is 1.